The van der Waals surface area contributed by atoms with Gasteiger partial charge in [-0.25, -0.2) is 9.78 Å². The molecular formula is C29H30N6O5. The molecule has 1 fully saturated rings. The minimum Gasteiger partial charge on any atom is -0.480 e. The number of carbonyl (C=O) groups is 2. The van der Waals surface area contributed by atoms with Crippen molar-refractivity contribution < 1.29 is 24.2 Å². The van der Waals surface area contributed by atoms with E-state index in [-0.39, 0.29) is 23.2 Å². The number of carboxylic acids is 1. The smallest absolute Gasteiger partial charge is 0.335 e. The van der Waals surface area contributed by atoms with E-state index in [2.05, 4.69) is 25.6 Å². The molecule has 1 aliphatic rings. The number of carboxylic acid groups (broad SMARTS) is 1. The molecular weight excluding hydrogens is 512 g/mol. The van der Waals surface area contributed by atoms with Crippen molar-refractivity contribution in [2.24, 2.45) is 5.73 Å². The Morgan fingerprint density at radius 1 is 0.975 bits per heavy atom. The van der Waals surface area contributed by atoms with Crippen LogP contribution in [0, 0.1) is 0 Å². The first-order valence-corrected chi connectivity index (χ1v) is 13.0. The van der Waals surface area contributed by atoms with E-state index in [9.17, 15) is 14.7 Å². The van der Waals surface area contributed by atoms with E-state index >= 15 is 0 Å². The van der Waals surface area contributed by atoms with Gasteiger partial charge in [0.1, 0.15) is 0 Å². The Balaban J connectivity index is 1.56. The lowest BCUT2D eigenvalue weighted by molar-refractivity contribution is 0.0696. The van der Waals surface area contributed by atoms with E-state index in [1.54, 1.807) is 18.3 Å². The quantitative estimate of drug-likeness (QED) is 0.227. The number of aromatic nitrogens is 3. The Labute approximate surface area is 230 Å². The molecule has 11 heteroatoms. The van der Waals surface area contributed by atoms with Gasteiger partial charge in [0.15, 0.2) is 0 Å². The third-order valence-electron chi connectivity index (χ3n) is 6.98. The van der Waals surface area contributed by atoms with Crippen LogP contribution in [-0.2, 0) is 0 Å². The molecule has 0 spiro atoms. The van der Waals surface area contributed by atoms with Crippen LogP contribution in [0.4, 0.5) is 17.1 Å². The highest BCUT2D eigenvalue weighted by molar-refractivity contribution is 6.08. The molecule has 0 bridgehead atoms. The summed E-state index contributed by atoms with van der Waals surface area (Å²) in [5, 5.41) is 17.1. The molecule has 0 radical (unpaired) electrons. The summed E-state index contributed by atoms with van der Waals surface area (Å²) in [6.45, 7) is 0. The number of rotatable bonds is 9. The monoisotopic (exact) mass is 542 g/mol. The lowest BCUT2D eigenvalue weighted by atomic mass is 9.95. The zero-order chi connectivity index (χ0) is 28.2. The maximum Gasteiger partial charge on any atom is 0.335 e. The minimum absolute atomic E-state index is 0.121. The molecule has 0 aliphatic heterocycles. The summed E-state index contributed by atoms with van der Waals surface area (Å²) in [7, 11) is 2.98. The summed E-state index contributed by atoms with van der Waals surface area (Å²) in [6.07, 6.45) is 8.57. The maximum atomic E-state index is 12.4. The lowest BCUT2D eigenvalue weighted by Gasteiger charge is -2.24. The summed E-state index contributed by atoms with van der Waals surface area (Å²) in [5.41, 5.74) is 9.57. The van der Waals surface area contributed by atoms with Gasteiger partial charge in [-0.3, -0.25) is 9.78 Å². The van der Waals surface area contributed by atoms with Crippen LogP contribution in [-0.4, -0.2) is 52.2 Å². The number of methoxy groups -OCH3 is 2. The van der Waals surface area contributed by atoms with Crippen molar-refractivity contribution in [1.29, 1.82) is 0 Å². The highest BCUT2D eigenvalue weighted by Gasteiger charge is 2.19. The summed E-state index contributed by atoms with van der Waals surface area (Å²) in [6, 6.07) is 10.9. The fourth-order valence-corrected chi connectivity index (χ4v) is 5.02. The fraction of sp³-hybridized carbons (Fsp3) is 0.276. The predicted octanol–water partition coefficient (Wildman–Crippen LogP) is 4.99. The largest absolute Gasteiger partial charge is 0.480 e. The second kappa shape index (κ2) is 11.4. The van der Waals surface area contributed by atoms with Crippen LogP contribution in [0.5, 0.6) is 11.9 Å². The van der Waals surface area contributed by atoms with Gasteiger partial charge in [0, 0.05) is 35.2 Å². The van der Waals surface area contributed by atoms with Gasteiger partial charge >= 0.3 is 12.0 Å². The molecule has 2 heterocycles. The Bertz CT molecular complexity index is 1590. The molecule has 0 saturated heterocycles. The SMILES string of the molecule is COc1ncc(-c2ccc3c(Nc4cc(NC5CCCCC5)cc(C(=O)O)c4)c(C(N)=O)cnc3c2)c(OC)n1. The van der Waals surface area contributed by atoms with Crippen molar-refractivity contribution in [1.82, 2.24) is 15.0 Å². The first-order chi connectivity index (χ1) is 19.4. The average Bonchev–Trinajstić information content (AvgIpc) is 2.96. The van der Waals surface area contributed by atoms with Crippen molar-refractivity contribution in [3.05, 3.63) is 59.9 Å². The molecule has 5 N–H and O–H groups in total. The number of pyridine rings is 1. The van der Waals surface area contributed by atoms with Crippen molar-refractivity contribution in [2.45, 2.75) is 38.1 Å². The van der Waals surface area contributed by atoms with E-state index in [0.717, 1.165) is 31.2 Å². The zero-order valence-corrected chi connectivity index (χ0v) is 22.2. The molecule has 5 rings (SSSR count). The first kappa shape index (κ1) is 26.7. The number of anilines is 3. The number of fused-ring (bicyclic) bond motifs is 1. The number of nitrogens with two attached hydrogens (primary N) is 1. The van der Waals surface area contributed by atoms with Crippen molar-refractivity contribution in [3.8, 4) is 23.0 Å². The third-order valence-corrected chi connectivity index (χ3v) is 6.98. The molecule has 1 aliphatic carbocycles. The Hall–Kier alpha value is -4.93. The first-order valence-electron chi connectivity index (χ1n) is 13.0. The number of primary amides is 1. The molecule has 0 unspecified atom stereocenters. The number of ether oxygens (including phenoxy) is 2. The molecule has 1 saturated carbocycles. The molecule has 11 nitrogen and oxygen atoms in total. The summed E-state index contributed by atoms with van der Waals surface area (Å²) < 4.78 is 10.5. The Kier molecular flexibility index (Phi) is 7.63. The van der Waals surface area contributed by atoms with Gasteiger partial charge in [0.2, 0.25) is 5.88 Å². The number of hydrogen-bond donors (Lipinski definition) is 4. The van der Waals surface area contributed by atoms with Gasteiger partial charge < -0.3 is 30.9 Å². The van der Waals surface area contributed by atoms with E-state index in [1.165, 1.54) is 32.9 Å². The highest BCUT2D eigenvalue weighted by Crippen LogP contribution is 2.35. The van der Waals surface area contributed by atoms with Crippen LogP contribution >= 0.6 is 0 Å². The molecule has 206 valence electrons. The van der Waals surface area contributed by atoms with Crippen LogP contribution in [0.3, 0.4) is 0 Å². The van der Waals surface area contributed by atoms with E-state index in [0.29, 0.717) is 39.4 Å². The molecule has 2 aromatic carbocycles. The number of hydrogen-bond acceptors (Lipinski definition) is 9. The Morgan fingerprint density at radius 2 is 1.75 bits per heavy atom. The third kappa shape index (κ3) is 5.58. The number of nitrogens with zero attached hydrogens (tertiary/aromatic N) is 3. The van der Waals surface area contributed by atoms with E-state index in [4.69, 9.17) is 15.2 Å². The van der Waals surface area contributed by atoms with Gasteiger partial charge in [-0.2, -0.15) is 4.98 Å². The number of amides is 1. The van der Waals surface area contributed by atoms with Crippen LogP contribution in [0.2, 0.25) is 0 Å². The number of benzene rings is 2. The van der Waals surface area contributed by atoms with Gasteiger partial charge in [-0.05, 0) is 42.7 Å². The number of nitrogens with one attached hydrogen (secondary N) is 2. The standard InChI is InChI=1S/C29H30N6O5/c1-39-27-22(14-32-29(35-27)40-2)16-8-9-21-24(12-16)31-15-23(26(30)36)25(21)34-20-11-17(28(37)38)10-19(13-20)33-18-6-4-3-5-7-18/h8-15,18,33H,3-7H2,1-2H3,(H2,30,36)(H,31,34)(H,37,38). The topological polar surface area (TPSA) is 162 Å². The Morgan fingerprint density at radius 3 is 2.45 bits per heavy atom. The van der Waals surface area contributed by atoms with Gasteiger partial charge in [0.25, 0.3) is 5.91 Å². The van der Waals surface area contributed by atoms with Gasteiger partial charge in [0.05, 0.1) is 42.1 Å². The van der Waals surface area contributed by atoms with Gasteiger partial charge in [-0.15, -0.1) is 0 Å². The normalized spacial score (nSPS) is 13.6. The van der Waals surface area contributed by atoms with Crippen LogP contribution in [0.15, 0.2) is 48.8 Å². The molecule has 4 aromatic rings. The van der Waals surface area contributed by atoms with Crippen molar-refractivity contribution in [2.75, 3.05) is 24.9 Å². The van der Waals surface area contributed by atoms with Crippen molar-refractivity contribution >= 4 is 39.8 Å². The van der Waals surface area contributed by atoms with Crippen LogP contribution < -0.4 is 25.8 Å². The van der Waals surface area contributed by atoms with E-state index in [1.807, 2.05) is 18.2 Å². The summed E-state index contributed by atoms with van der Waals surface area (Å²) in [4.78, 5) is 37.2. The fourth-order valence-electron chi connectivity index (χ4n) is 5.02. The number of carbonyl (C=O) groups excluding carboxylic acids is 1. The van der Waals surface area contributed by atoms with Gasteiger partial charge in [-0.1, -0.05) is 31.4 Å². The predicted molar refractivity (Wildman–Crippen MR) is 152 cm³/mol. The zero-order valence-electron chi connectivity index (χ0n) is 22.2. The highest BCUT2D eigenvalue weighted by atomic mass is 16.5. The molecule has 0 atom stereocenters. The second-order valence-electron chi connectivity index (χ2n) is 9.63. The van der Waals surface area contributed by atoms with E-state index < -0.39 is 11.9 Å². The lowest BCUT2D eigenvalue weighted by Crippen LogP contribution is -2.22. The minimum atomic E-state index is -1.05. The van der Waals surface area contributed by atoms with Crippen LogP contribution in [0.25, 0.3) is 22.0 Å². The maximum absolute atomic E-state index is 12.4. The van der Waals surface area contributed by atoms with Crippen LogP contribution in [0.1, 0.15) is 52.8 Å². The second-order valence-corrected chi connectivity index (χ2v) is 9.63. The summed E-state index contributed by atoms with van der Waals surface area (Å²) in [5.74, 6) is -1.38. The molecule has 2 aromatic heterocycles. The molecule has 1 amide bonds. The van der Waals surface area contributed by atoms with Crippen molar-refractivity contribution in [3.63, 3.8) is 0 Å². The summed E-state index contributed by atoms with van der Waals surface area (Å²) >= 11 is 0. The average molecular weight is 543 g/mol. The number of aromatic carboxylic acids is 1. The molecule has 40 heavy (non-hydrogen) atoms.